The van der Waals surface area contributed by atoms with Gasteiger partial charge in [-0.15, -0.1) is 12.8 Å². The number of benzene rings is 5. The maximum Gasteiger partial charge on any atom is 0.232 e. The van der Waals surface area contributed by atoms with Gasteiger partial charge in [0.1, 0.15) is 48.7 Å². The molecule has 436 valence electrons. The second kappa shape index (κ2) is 22.8. The molecule has 88 heavy (non-hydrogen) atoms. The molecule has 5 aliphatic rings. The van der Waals surface area contributed by atoms with Crippen LogP contribution in [0.15, 0.2) is 176 Å². The Hall–Kier alpha value is -9.86. The van der Waals surface area contributed by atoms with Crippen LogP contribution in [0, 0.1) is 36.3 Å². The van der Waals surface area contributed by atoms with Gasteiger partial charge in [-0.05, 0) is 126 Å². The lowest BCUT2D eigenvalue weighted by Crippen LogP contribution is -2.44. The number of pyridine rings is 2. The van der Waals surface area contributed by atoms with Crippen molar-refractivity contribution < 1.29 is 37.2 Å². The van der Waals surface area contributed by atoms with Gasteiger partial charge >= 0.3 is 0 Å². The van der Waals surface area contributed by atoms with Gasteiger partial charge < -0.3 is 19.7 Å². The predicted octanol–water partition coefficient (Wildman–Crippen LogP) is 15.4. The van der Waals surface area contributed by atoms with Crippen molar-refractivity contribution in [2.75, 3.05) is 32.8 Å². The molecule has 0 spiro atoms. The summed E-state index contributed by atoms with van der Waals surface area (Å²) in [4.78, 5) is 24.1. The molecule has 6 aromatic carbocycles. The summed E-state index contributed by atoms with van der Waals surface area (Å²) in [6.07, 6.45) is 29.9. The molecule has 1 aliphatic carbocycles. The summed E-state index contributed by atoms with van der Waals surface area (Å²) in [6.45, 7) is 1.93. The van der Waals surface area contributed by atoms with E-state index in [1.165, 1.54) is 30.5 Å². The average Bonchev–Trinajstić information content (AvgIpc) is 1.62. The molecule has 4 fully saturated rings. The third-order valence-electron chi connectivity index (χ3n) is 18.2. The number of hydrogen-bond acceptors (Lipinski definition) is 10. The van der Waals surface area contributed by atoms with E-state index in [-0.39, 0.29) is 53.7 Å². The third-order valence-corrected chi connectivity index (χ3v) is 18.2. The number of phenols is 2. The van der Waals surface area contributed by atoms with Gasteiger partial charge in [0.15, 0.2) is 0 Å². The van der Waals surface area contributed by atoms with Gasteiger partial charge in [0, 0.05) is 70.1 Å². The first-order valence-corrected chi connectivity index (χ1v) is 29.6. The molecular weight excluding hydrogens is 1110 g/mol. The fourth-order valence-corrected chi connectivity index (χ4v) is 14.3. The van der Waals surface area contributed by atoms with Crippen LogP contribution in [0.1, 0.15) is 66.8 Å². The summed E-state index contributed by atoms with van der Waals surface area (Å²) in [7, 11) is 0. The smallest absolute Gasteiger partial charge is 0.232 e. The SMILES string of the molecule is C#Cc1c(F)ccc2cc(O)cc(-c3cc(C4=C/C=C\C=C/C=C\4)c4ncc(OCC56CCCN5C(c5cc7cc(O)cc(-c8cc9cc(OCC%10%11CCCN%10C[C@H](F)C%11)ncc9c(-c9ccccccccc9)n8)c7c(C#C)c5F)[C@H](F)C6)nc4c3)c12. The van der Waals surface area contributed by atoms with Gasteiger partial charge in [-0.25, -0.2) is 37.5 Å². The van der Waals surface area contributed by atoms with E-state index in [1.807, 2.05) is 120 Å². The monoisotopic (exact) mass is 1170 g/mol. The van der Waals surface area contributed by atoms with E-state index in [2.05, 4.69) is 16.7 Å². The molecule has 7 heterocycles. The summed E-state index contributed by atoms with van der Waals surface area (Å²) >= 11 is 0. The summed E-state index contributed by atoms with van der Waals surface area (Å²) in [5, 5.41) is 25.7. The molecule has 0 saturated carbocycles. The largest absolute Gasteiger partial charge is 0.508 e. The molecule has 5 atom stereocenters. The minimum Gasteiger partial charge on any atom is -0.508 e. The van der Waals surface area contributed by atoms with Gasteiger partial charge in [-0.3, -0.25) is 9.80 Å². The van der Waals surface area contributed by atoms with Crippen LogP contribution in [-0.4, -0.2) is 96.2 Å². The van der Waals surface area contributed by atoms with E-state index in [0.29, 0.717) is 115 Å². The Morgan fingerprint density at radius 3 is 2.17 bits per heavy atom. The molecule has 14 rings (SSSR count). The molecule has 4 saturated heterocycles. The molecule has 4 aliphatic heterocycles. The first-order chi connectivity index (χ1) is 42.9. The van der Waals surface area contributed by atoms with Gasteiger partial charge in [-0.2, -0.15) is 0 Å². The predicted molar refractivity (Wildman–Crippen MR) is 338 cm³/mol. The van der Waals surface area contributed by atoms with E-state index in [0.717, 1.165) is 30.5 Å². The molecule has 3 unspecified atom stereocenters. The van der Waals surface area contributed by atoms with Crippen molar-refractivity contribution in [3.05, 3.63) is 210 Å². The Bertz CT molecular complexity index is 4620. The topological polar surface area (TPSA) is 117 Å². The zero-order chi connectivity index (χ0) is 60.3. The number of terminal acetylenes is 2. The second-order valence-corrected chi connectivity index (χ2v) is 23.5. The van der Waals surface area contributed by atoms with Crippen molar-refractivity contribution >= 4 is 48.9 Å². The summed E-state index contributed by atoms with van der Waals surface area (Å²) in [6, 6.07) is 34.1. The average molecular weight is 1170 g/mol. The third kappa shape index (κ3) is 10.0. The highest BCUT2D eigenvalue weighted by molar-refractivity contribution is 6.06. The molecule has 14 heteroatoms. The highest BCUT2D eigenvalue weighted by Gasteiger charge is 2.56. The van der Waals surface area contributed by atoms with Crippen molar-refractivity contribution in [1.82, 2.24) is 29.7 Å². The number of ether oxygens (including phenoxy) is 2. The van der Waals surface area contributed by atoms with Crippen LogP contribution >= 0.6 is 0 Å². The van der Waals surface area contributed by atoms with E-state index < -0.39 is 41.1 Å². The van der Waals surface area contributed by atoms with Crippen molar-refractivity contribution in [1.29, 1.82) is 0 Å². The van der Waals surface area contributed by atoms with Crippen molar-refractivity contribution in [3.8, 4) is 81.6 Å². The maximum absolute atomic E-state index is 17.9. The number of phenolic OH excluding ortho intramolecular Hbond substituents is 2. The molecule has 0 amide bonds. The fraction of sp³-hybridized carbons (Fsp3) is 0.216. The zero-order valence-electron chi connectivity index (χ0n) is 47.8. The van der Waals surface area contributed by atoms with Crippen molar-refractivity contribution in [2.24, 2.45) is 0 Å². The van der Waals surface area contributed by atoms with Gasteiger partial charge in [-0.1, -0.05) is 115 Å². The van der Waals surface area contributed by atoms with Crippen LogP contribution in [0.3, 0.4) is 0 Å². The summed E-state index contributed by atoms with van der Waals surface area (Å²) < 4.78 is 78.4. The number of fused-ring (bicyclic) bond motifs is 6. The quantitative estimate of drug-likeness (QED) is 0.0958. The number of aromatic hydroxyl groups is 2. The zero-order valence-corrected chi connectivity index (χ0v) is 47.8. The number of aromatic nitrogens is 4. The van der Waals surface area contributed by atoms with E-state index in [9.17, 15) is 14.6 Å². The maximum atomic E-state index is 17.9. The number of allylic oxidation sites excluding steroid dienone is 8. The van der Waals surface area contributed by atoms with Crippen LogP contribution in [-0.2, 0) is 0 Å². The second-order valence-electron chi connectivity index (χ2n) is 23.5. The first kappa shape index (κ1) is 56.0. The number of nitrogens with zero attached hydrogens (tertiary/aromatic N) is 6. The molecule has 3 aromatic heterocycles. The Labute approximate surface area is 506 Å². The van der Waals surface area contributed by atoms with Crippen molar-refractivity contribution in [2.45, 2.75) is 68.0 Å². The van der Waals surface area contributed by atoms with E-state index in [1.54, 1.807) is 30.5 Å². The van der Waals surface area contributed by atoms with Gasteiger partial charge in [0.25, 0.3) is 0 Å². The van der Waals surface area contributed by atoms with Crippen LogP contribution < -0.4 is 9.47 Å². The Kier molecular flexibility index (Phi) is 14.5. The Balaban J connectivity index is 0.822. The first-order valence-electron chi connectivity index (χ1n) is 29.6. The van der Waals surface area contributed by atoms with Crippen LogP contribution in [0.25, 0.3) is 82.6 Å². The number of alkyl halides is 2. The van der Waals surface area contributed by atoms with Crippen molar-refractivity contribution in [3.63, 3.8) is 0 Å². The summed E-state index contributed by atoms with van der Waals surface area (Å²) in [5.74, 6) is 4.15. The number of halogens is 4. The molecule has 0 radical (unpaired) electrons. The van der Waals surface area contributed by atoms with Gasteiger partial charge in [0.05, 0.1) is 56.9 Å². The molecule has 9 aromatic rings. The molecular formula is C74H58F4N6O4. The molecule has 0 bridgehead atoms. The highest BCUT2D eigenvalue weighted by Crippen LogP contribution is 2.53. The van der Waals surface area contributed by atoms with Crippen LogP contribution in [0.5, 0.6) is 23.3 Å². The number of rotatable bonds is 11. The standard InChI is InChI=1S/C74H58F4N6O4/c1-3-54-61(76)24-23-47-29-52(85)36-56(67(47)54)48-31-57(45-19-13-11-8-12-14-20-45)71-64(34-48)81-66(41-80-71)88-44-74-26-18-28-84(74)72(62(77)39-74)59-32-50-30-53(86)37-58(68(50)55(4-2)69(59)78)63-33-49-35-65(87-43-73-25-17-27-83(73)42-51(75)38-73)79-40-60(49)70(82-63)46-21-15-9-6-5-7-10-16-22-46/h1-2,5-16,19-24,29-37,40-41,51,62,72,85-86H,17-18,25-28,38-39,42-44H2/b6-5?,7-5?,9-6?,10-7?,11-8-,12-8?,13-11?,14-12-,15-9?,16-10?,19-13-,20-14?,21-15?,22-16?,45-19?,45-20+,46-21?,46-22?/t51-,62-,72?,73?,74?/m1/s1. The Morgan fingerprint density at radius 2 is 1.35 bits per heavy atom. The van der Waals surface area contributed by atoms with E-state index in [4.69, 9.17) is 42.3 Å². The number of hydrogen-bond donors (Lipinski definition) is 2. The van der Waals surface area contributed by atoms with Crippen LogP contribution in [0.2, 0.25) is 0 Å². The fourth-order valence-electron chi connectivity index (χ4n) is 14.3. The normalized spacial score (nSPS) is 23.1. The van der Waals surface area contributed by atoms with Crippen LogP contribution in [0.4, 0.5) is 17.6 Å². The minimum absolute atomic E-state index is 0.00411. The molecule has 2 N–H and O–H groups in total. The Morgan fingerprint density at radius 1 is 0.636 bits per heavy atom. The lowest BCUT2D eigenvalue weighted by Gasteiger charge is -2.34. The van der Waals surface area contributed by atoms with E-state index >= 15 is 13.2 Å². The molecule has 10 nitrogen and oxygen atoms in total. The van der Waals surface area contributed by atoms with Gasteiger partial charge in [0.2, 0.25) is 11.8 Å². The lowest BCUT2D eigenvalue weighted by molar-refractivity contribution is 0.0839. The lowest BCUT2D eigenvalue weighted by atomic mass is 9.90. The summed E-state index contributed by atoms with van der Waals surface area (Å²) in [5.41, 5.74) is 4.29. The minimum atomic E-state index is -1.55. The highest BCUT2D eigenvalue weighted by atomic mass is 19.1.